The molecule has 0 radical (unpaired) electrons. The number of hydrogen-bond acceptors (Lipinski definition) is 4. The molecule has 0 atom stereocenters. The molecule has 10 aromatic rings. The number of aromatic nitrogens is 3. The fraction of sp³-hybridized carbons (Fsp3) is 0. The first-order chi connectivity index (χ1) is 32.9. The van der Waals surface area contributed by atoms with Crippen molar-refractivity contribution in [1.29, 1.82) is 0 Å². The van der Waals surface area contributed by atoms with Gasteiger partial charge in [0.1, 0.15) is 11.2 Å². The summed E-state index contributed by atoms with van der Waals surface area (Å²) >= 11 is 0. The van der Waals surface area contributed by atoms with Gasteiger partial charge in [0.2, 0.25) is 0 Å². The average Bonchev–Trinajstić information content (AvgIpc) is 3.71. The number of nitrogens with zero attached hydrogens (tertiary/aromatic N) is 3. The lowest BCUT2D eigenvalue weighted by molar-refractivity contribution is 0.669. The van der Waals surface area contributed by atoms with Gasteiger partial charge in [-0.25, -0.2) is 15.0 Å². The molecule has 0 amide bonds. The fourth-order valence-electron chi connectivity index (χ4n) is 6.45. The van der Waals surface area contributed by atoms with Crippen LogP contribution in [0, 0.1) is 0 Å². The van der Waals surface area contributed by atoms with E-state index in [0.717, 1.165) is 10.8 Å². The molecule has 248 valence electrons. The van der Waals surface area contributed by atoms with Crippen molar-refractivity contribution in [2.24, 2.45) is 0 Å². The van der Waals surface area contributed by atoms with Gasteiger partial charge in [-0.1, -0.05) is 169 Å². The zero-order valence-electron chi connectivity index (χ0n) is 43.4. The standard InChI is InChI=1S/C49H31N3O/c1-3-13-32(14-4-1)33-25-27-36(28-26-33)47-50-48(52-49(51-47)42-22-12-24-45-46(42)41-20-9-10-23-44(41)53-45)37-29-30-39(34-15-5-2-6-16-34)43(31-37)40-21-11-18-35-17-7-8-19-38(35)40/h1-31H/i1D,2D,3D,4D,5D,6D,9D,13D,14D,15D,16D,22D,25D,26D,27D,28D. The summed E-state index contributed by atoms with van der Waals surface area (Å²) in [6.45, 7) is 0. The molecule has 10 rings (SSSR count). The van der Waals surface area contributed by atoms with Crippen molar-refractivity contribution in [2.75, 3.05) is 0 Å². The third-order valence-corrected chi connectivity index (χ3v) is 8.86. The summed E-state index contributed by atoms with van der Waals surface area (Å²) in [5, 5.41) is 2.42. The molecule has 4 heteroatoms. The van der Waals surface area contributed by atoms with Crippen LogP contribution in [-0.2, 0) is 0 Å². The van der Waals surface area contributed by atoms with Gasteiger partial charge < -0.3 is 4.42 Å². The Morgan fingerprint density at radius 1 is 0.377 bits per heavy atom. The summed E-state index contributed by atoms with van der Waals surface area (Å²) in [5.41, 5.74) is 0.790. The first-order valence-electron chi connectivity index (χ1n) is 24.5. The summed E-state index contributed by atoms with van der Waals surface area (Å²) < 4.78 is 146. The van der Waals surface area contributed by atoms with E-state index in [-0.39, 0.29) is 46.0 Å². The Balaban J connectivity index is 1.30. The van der Waals surface area contributed by atoms with Gasteiger partial charge >= 0.3 is 0 Å². The first kappa shape index (κ1) is 18.4. The summed E-state index contributed by atoms with van der Waals surface area (Å²) in [5.74, 6) is -0.677. The van der Waals surface area contributed by atoms with Crippen LogP contribution in [0.15, 0.2) is 192 Å². The summed E-state index contributed by atoms with van der Waals surface area (Å²) in [6, 6.07) is 16.6. The molecule has 2 aromatic heterocycles. The molecule has 0 fully saturated rings. The lowest BCUT2D eigenvalue weighted by atomic mass is 9.90. The largest absolute Gasteiger partial charge is 0.456 e. The Bertz CT molecular complexity index is 3800. The molecule has 0 aliphatic carbocycles. The van der Waals surface area contributed by atoms with Gasteiger partial charge in [0.25, 0.3) is 0 Å². The molecule has 8 aromatic carbocycles. The number of rotatable bonds is 6. The van der Waals surface area contributed by atoms with Crippen LogP contribution in [0.3, 0.4) is 0 Å². The molecular weight excluding hydrogens is 647 g/mol. The molecule has 0 aliphatic rings. The monoisotopic (exact) mass is 693 g/mol. The van der Waals surface area contributed by atoms with E-state index in [1.807, 2.05) is 42.5 Å². The maximum absolute atomic E-state index is 9.32. The average molecular weight is 694 g/mol. The molecule has 4 nitrogen and oxygen atoms in total. The molecule has 0 aliphatic heterocycles. The molecule has 0 saturated heterocycles. The summed E-state index contributed by atoms with van der Waals surface area (Å²) in [6.07, 6.45) is 0. The van der Waals surface area contributed by atoms with Crippen LogP contribution in [0.2, 0.25) is 0 Å². The van der Waals surface area contributed by atoms with E-state index in [1.165, 1.54) is 6.07 Å². The van der Waals surface area contributed by atoms with Crippen LogP contribution >= 0.6 is 0 Å². The quantitative estimate of drug-likeness (QED) is 0.174. The third kappa shape index (κ3) is 5.54. The minimum absolute atomic E-state index is 0.0681. The van der Waals surface area contributed by atoms with Crippen LogP contribution in [-0.4, -0.2) is 15.0 Å². The van der Waals surface area contributed by atoms with E-state index in [0.29, 0.717) is 33.1 Å². The molecule has 0 N–H and O–H groups in total. The van der Waals surface area contributed by atoms with Crippen LogP contribution in [0.4, 0.5) is 0 Å². The van der Waals surface area contributed by atoms with Crippen molar-refractivity contribution >= 4 is 32.7 Å². The second kappa shape index (κ2) is 12.9. The van der Waals surface area contributed by atoms with Gasteiger partial charge in [0.15, 0.2) is 17.5 Å². The number of para-hydroxylation sites is 1. The Morgan fingerprint density at radius 2 is 1.06 bits per heavy atom. The van der Waals surface area contributed by atoms with Crippen molar-refractivity contribution in [3.05, 3.63) is 188 Å². The van der Waals surface area contributed by atoms with E-state index in [2.05, 4.69) is 0 Å². The van der Waals surface area contributed by atoms with E-state index in [4.69, 9.17) is 37.2 Å². The van der Waals surface area contributed by atoms with Gasteiger partial charge in [-0.2, -0.15) is 0 Å². The van der Waals surface area contributed by atoms with Crippen molar-refractivity contribution in [1.82, 2.24) is 15.0 Å². The molecule has 2 heterocycles. The Kier molecular flexibility index (Phi) is 4.46. The van der Waals surface area contributed by atoms with Crippen molar-refractivity contribution in [3.8, 4) is 67.5 Å². The number of benzene rings is 8. The topological polar surface area (TPSA) is 51.8 Å². The smallest absolute Gasteiger partial charge is 0.164 e. The minimum Gasteiger partial charge on any atom is -0.456 e. The zero-order chi connectivity index (χ0) is 49.1. The van der Waals surface area contributed by atoms with Gasteiger partial charge in [-0.05, 0) is 62.4 Å². The predicted molar refractivity (Wildman–Crippen MR) is 217 cm³/mol. The van der Waals surface area contributed by atoms with Crippen molar-refractivity contribution < 1.29 is 26.3 Å². The van der Waals surface area contributed by atoms with Crippen molar-refractivity contribution in [3.63, 3.8) is 0 Å². The minimum atomic E-state index is -0.749. The lowest BCUT2D eigenvalue weighted by Crippen LogP contribution is -2.01. The van der Waals surface area contributed by atoms with Gasteiger partial charge in [-0.15, -0.1) is 0 Å². The fourth-order valence-corrected chi connectivity index (χ4v) is 6.45. The Hall–Kier alpha value is -7.17. The van der Waals surface area contributed by atoms with Crippen LogP contribution < -0.4 is 0 Å². The van der Waals surface area contributed by atoms with Gasteiger partial charge in [0, 0.05) is 27.5 Å². The molecule has 0 spiro atoms. The summed E-state index contributed by atoms with van der Waals surface area (Å²) in [4.78, 5) is 14.4. The summed E-state index contributed by atoms with van der Waals surface area (Å²) in [7, 11) is 0. The maximum atomic E-state index is 9.32. The second-order valence-corrected chi connectivity index (χ2v) is 12.0. The maximum Gasteiger partial charge on any atom is 0.164 e. The molecule has 0 saturated carbocycles. The van der Waals surface area contributed by atoms with Crippen LogP contribution in [0.25, 0.3) is 100 Å². The van der Waals surface area contributed by atoms with Crippen LogP contribution in [0.5, 0.6) is 0 Å². The van der Waals surface area contributed by atoms with E-state index < -0.39 is 107 Å². The number of furan rings is 1. The first-order valence-corrected chi connectivity index (χ1v) is 16.5. The highest BCUT2D eigenvalue weighted by molar-refractivity contribution is 6.11. The number of hydrogen-bond donors (Lipinski definition) is 0. The highest BCUT2D eigenvalue weighted by Gasteiger charge is 2.19. The van der Waals surface area contributed by atoms with E-state index in [9.17, 15) is 4.11 Å². The molecular formula is C49H31N3O. The zero-order valence-corrected chi connectivity index (χ0v) is 27.4. The Morgan fingerprint density at radius 3 is 1.89 bits per heavy atom. The SMILES string of the molecule is [2H]c1ccc2oc3ccc([2H])c(-c4nc(-c5ccc(-c6c([2H])c([2H])c([2H])c([2H])c6[2H])c(-c6cccc7ccccc67)c5)nc(-c5c([2H])c([2H])c(-c6c([2H])c([2H])c([2H])c([2H])c6[2H])c([2H])c5[2H])n4)c3c2c1. The second-order valence-electron chi connectivity index (χ2n) is 12.0. The highest BCUT2D eigenvalue weighted by Crippen LogP contribution is 2.40. The van der Waals surface area contributed by atoms with E-state index >= 15 is 0 Å². The third-order valence-electron chi connectivity index (χ3n) is 8.86. The Labute approximate surface area is 329 Å². The molecule has 53 heavy (non-hydrogen) atoms. The molecule has 0 bridgehead atoms. The lowest BCUT2D eigenvalue weighted by Gasteiger charge is -2.15. The number of fused-ring (bicyclic) bond motifs is 4. The predicted octanol–water partition coefficient (Wildman–Crippen LogP) is 12.9. The molecule has 0 unspecified atom stereocenters. The normalized spacial score (nSPS) is 15.6. The van der Waals surface area contributed by atoms with Gasteiger partial charge in [-0.3, -0.25) is 0 Å². The van der Waals surface area contributed by atoms with Crippen molar-refractivity contribution in [2.45, 2.75) is 0 Å². The van der Waals surface area contributed by atoms with Crippen LogP contribution in [0.1, 0.15) is 21.9 Å². The van der Waals surface area contributed by atoms with Gasteiger partial charge in [0.05, 0.1) is 21.9 Å². The highest BCUT2D eigenvalue weighted by atomic mass is 16.3. The van der Waals surface area contributed by atoms with E-state index in [1.54, 1.807) is 42.5 Å².